The van der Waals surface area contributed by atoms with E-state index in [0.717, 1.165) is 5.56 Å². The smallest absolute Gasteiger partial charge is 0.336 e. The second kappa shape index (κ2) is 7.70. The number of amides is 1. The molecule has 1 heterocycles. The maximum atomic E-state index is 13.3. The summed E-state index contributed by atoms with van der Waals surface area (Å²) in [6, 6.07) is 11.6. The Labute approximate surface area is 156 Å². The van der Waals surface area contributed by atoms with Gasteiger partial charge in [0.2, 0.25) is 5.91 Å². The van der Waals surface area contributed by atoms with E-state index in [9.17, 15) is 18.4 Å². The molecule has 1 aliphatic rings. The van der Waals surface area contributed by atoms with Crippen molar-refractivity contribution in [3.05, 3.63) is 82.6 Å². The normalized spacial score (nSPS) is 17.3. The quantitative estimate of drug-likeness (QED) is 0.765. The Morgan fingerprint density at radius 2 is 1.63 bits per heavy atom. The lowest BCUT2D eigenvalue weighted by Gasteiger charge is -2.34. The van der Waals surface area contributed by atoms with Gasteiger partial charge in [0, 0.05) is 18.0 Å². The molecule has 0 saturated carbocycles. The zero-order valence-corrected chi connectivity index (χ0v) is 15.0. The van der Waals surface area contributed by atoms with Gasteiger partial charge in [-0.2, -0.15) is 0 Å². The topological polar surface area (TPSA) is 46.6 Å². The highest BCUT2D eigenvalue weighted by molar-refractivity contribution is 5.95. The van der Waals surface area contributed by atoms with Gasteiger partial charge in [0.15, 0.2) is 0 Å². The van der Waals surface area contributed by atoms with Crippen LogP contribution in [-0.4, -0.2) is 23.9 Å². The van der Waals surface area contributed by atoms with E-state index < -0.39 is 11.9 Å². The number of methoxy groups -OCH3 is 1. The Bertz CT molecular complexity index is 889. The van der Waals surface area contributed by atoms with Crippen molar-refractivity contribution < 1.29 is 23.1 Å². The lowest BCUT2D eigenvalue weighted by atomic mass is 9.83. The van der Waals surface area contributed by atoms with Crippen molar-refractivity contribution >= 4 is 11.9 Å². The Morgan fingerprint density at radius 3 is 2.19 bits per heavy atom. The Kier molecular flexibility index (Phi) is 5.35. The second-order valence-corrected chi connectivity index (χ2v) is 6.41. The third-order valence-electron chi connectivity index (χ3n) is 4.75. The SMILES string of the molecule is COC(=O)C1=C(C)N(Cc2ccc(F)cc2)C(=O)C[C@H]1c1ccc(F)cc1. The van der Waals surface area contributed by atoms with Gasteiger partial charge in [-0.05, 0) is 42.3 Å². The molecular weight excluding hydrogens is 352 g/mol. The van der Waals surface area contributed by atoms with Crippen molar-refractivity contribution in [1.82, 2.24) is 4.90 Å². The molecule has 1 aliphatic heterocycles. The molecule has 0 spiro atoms. The average Bonchev–Trinajstić information content (AvgIpc) is 2.66. The van der Waals surface area contributed by atoms with Crippen molar-refractivity contribution in [1.29, 1.82) is 0 Å². The molecule has 2 aromatic carbocycles. The predicted octanol–water partition coefficient (Wildman–Crippen LogP) is 3.93. The highest BCUT2D eigenvalue weighted by Gasteiger charge is 2.36. The van der Waals surface area contributed by atoms with Crippen molar-refractivity contribution in [2.45, 2.75) is 25.8 Å². The number of halogens is 2. The van der Waals surface area contributed by atoms with E-state index in [4.69, 9.17) is 4.74 Å². The number of hydrogen-bond donors (Lipinski definition) is 0. The lowest BCUT2D eigenvalue weighted by Crippen LogP contribution is -2.37. The van der Waals surface area contributed by atoms with Gasteiger partial charge in [0.1, 0.15) is 11.6 Å². The molecule has 0 radical (unpaired) electrons. The van der Waals surface area contributed by atoms with Gasteiger partial charge in [-0.1, -0.05) is 24.3 Å². The minimum Gasteiger partial charge on any atom is -0.466 e. The first-order valence-corrected chi connectivity index (χ1v) is 8.50. The van der Waals surface area contributed by atoms with Gasteiger partial charge in [0.05, 0.1) is 19.2 Å². The highest BCUT2D eigenvalue weighted by Crippen LogP contribution is 2.37. The fraction of sp³-hybridized carbons (Fsp3) is 0.238. The van der Waals surface area contributed by atoms with E-state index in [-0.39, 0.29) is 30.5 Å². The van der Waals surface area contributed by atoms with Gasteiger partial charge >= 0.3 is 5.97 Å². The third kappa shape index (κ3) is 3.89. The van der Waals surface area contributed by atoms with E-state index in [0.29, 0.717) is 16.8 Å². The van der Waals surface area contributed by atoms with Crippen molar-refractivity contribution in [3.8, 4) is 0 Å². The van der Waals surface area contributed by atoms with Crippen LogP contribution in [0.2, 0.25) is 0 Å². The Morgan fingerprint density at radius 1 is 1.07 bits per heavy atom. The minimum absolute atomic E-state index is 0.0641. The molecule has 6 heteroatoms. The summed E-state index contributed by atoms with van der Waals surface area (Å²) in [5, 5.41) is 0. The molecule has 3 rings (SSSR count). The molecule has 0 fully saturated rings. The lowest BCUT2D eigenvalue weighted by molar-refractivity contribution is -0.138. The number of hydrogen-bond acceptors (Lipinski definition) is 3. The van der Waals surface area contributed by atoms with Crippen molar-refractivity contribution in [2.24, 2.45) is 0 Å². The van der Waals surface area contributed by atoms with E-state index in [1.807, 2.05) is 0 Å². The van der Waals surface area contributed by atoms with Crippen LogP contribution in [0, 0.1) is 11.6 Å². The molecule has 2 aromatic rings. The Hall–Kier alpha value is -3.02. The minimum atomic E-state index is -0.529. The Balaban J connectivity index is 2.00. The largest absolute Gasteiger partial charge is 0.466 e. The zero-order valence-electron chi connectivity index (χ0n) is 15.0. The highest BCUT2D eigenvalue weighted by atomic mass is 19.1. The molecule has 4 nitrogen and oxygen atoms in total. The molecular formula is C21H19F2NO3. The maximum Gasteiger partial charge on any atom is 0.336 e. The number of carbonyl (C=O) groups is 2. The second-order valence-electron chi connectivity index (χ2n) is 6.41. The summed E-state index contributed by atoms with van der Waals surface area (Å²) in [5.74, 6) is -1.95. The van der Waals surface area contributed by atoms with Crippen LogP contribution in [0.25, 0.3) is 0 Å². The van der Waals surface area contributed by atoms with E-state index in [1.54, 1.807) is 31.2 Å². The van der Waals surface area contributed by atoms with E-state index in [1.165, 1.54) is 36.3 Å². The summed E-state index contributed by atoms with van der Waals surface area (Å²) < 4.78 is 31.3. The van der Waals surface area contributed by atoms with Crippen LogP contribution in [0.1, 0.15) is 30.4 Å². The number of nitrogens with zero attached hydrogens (tertiary/aromatic N) is 1. The first-order chi connectivity index (χ1) is 12.9. The van der Waals surface area contributed by atoms with Crippen molar-refractivity contribution in [3.63, 3.8) is 0 Å². The average molecular weight is 371 g/mol. The molecule has 140 valence electrons. The van der Waals surface area contributed by atoms with Crippen LogP contribution in [-0.2, 0) is 20.9 Å². The molecule has 0 N–H and O–H groups in total. The van der Waals surface area contributed by atoms with E-state index in [2.05, 4.69) is 0 Å². The first kappa shape index (κ1) is 18.8. The summed E-state index contributed by atoms with van der Waals surface area (Å²) in [6.45, 7) is 1.91. The molecule has 0 aliphatic carbocycles. The summed E-state index contributed by atoms with van der Waals surface area (Å²) in [7, 11) is 1.28. The first-order valence-electron chi connectivity index (χ1n) is 8.50. The molecule has 0 unspecified atom stereocenters. The van der Waals surface area contributed by atoms with Crippen LogP contribution in [0.3, 0.4) is 0 Å². The van der Waals surface area contributed by atoms with Gasteiger partial charge in [-0.15, -0.1) is 0 Å². The fourth-order valence-electron chi connectivity index (χ4n) is 3.33. The summed E-state index contributed by atoms with van der Waals surface area (Å²) in [6.07, 6.45) is 0.0641. The summed E-state index contributed by atoms with van der Waals surface area (Å²) in [5.41, 5.74) is 2.27. The molecule has 1 atom stereocenters. The van der Waals surface area contributed by atoms with Gasteiger partial charge < -0.3 is 9.64 Å². The third-order valence-corrected chi connectivity index (χ3v) is 4.75. The molecule has 0 saturated heterocycles. The number of allylic oxidation sites excluding steroid dienone is 1. The monoisotopic (exact) mass is 371 g/mol. The maximum absolute atomic E-state index is 13.3. The van der Waals surface area contributed by atoms with Crippen LogP contribution >= 0.6 is 0 Å². The number of carbonyl (C=O) groups excluding carboxylic acids is 2. The number of esters is 1. The van der Waals surface area contributed by atoms with Gasteiger partial charge in [0.25, 0.3) is 0 Å². The van der Waals surface area contributed by atoms with Crippen LogP contribution < -0.4 is 0 Å². The molecule has 0 bridgehead atoms. The predicted molar refractivity (Wildman–Crippen MR) is 95.4 cm³/mol. The van der Waals surface area contributed by atoms with E-state index >= 15 is 0 Å². The molecule has 27 heavy (non-hydrogen) atoms. The van der Waals surface area contributed by atoms with Crippen LogP contribution in [0.4, 0.5) is 8.78 Å². The van der Waals surface area contributed by atoms with Crippen LogP contribution in [0.15, 0.2) is 59.8 Å². The zero-order chi connectivity index (χ0) is 19.6. The number of benzene rings is 2. The number of ether oxygens (including phenoxy) is 1. The molecule has 0 aromatic heterocycles. The van der Waals surface area contributed by atoms with Gasteiger partial charge in [-0.25, -0.2) is 13.6 Å². The van der Waals surface area contributed by atoms with Crippen molar-refractivity contribution in [2.75, 3.05) is 7.11 Å². The molecule has 1 amide bonds. The summed E-state index contributed by atoms with van der Waals surface area (Å²) >= 11 is 0. The van der Waals surface area contributed by atoms with Gasteiger partial charge in [-0.3, -0.25) is 4.79 Å². The fourth-order valence-corrected chi connectivity index (χ4v) is 3.33. The number of rotatable bonds is 4. The van der Waals surface area contributed by atoms with Crippen LogP contribution in [0.5, 0.6) is 0 Å². The standard InChI is InChI=1S/C21H19F2NO3/c1-13-20(21(26)27-2)18(15-5-9-17(23)10-6-15)11-19(25)24(13)12-14-3-7-16(22)8-4-14/h3-10,18H,11-12H2,1-2H3/t18-/m0/s1. The summed E-state index contributed by atoms with van der Waals surface area (Å²) in [4.78, 5) is 26.7.